The van der Waals surface area contributed by atoms with Gasteiger partial charge in [-0.05, 0) is 42.8 Å². The number of hydrogen-bond donors (Lipinski definition) is 1. The van der Waals surface area contributed by atoms with Crippen LogP contribution in [0.3, 0.4) is 0 Å². The fourth-order valence-electron chi connectivity index (χ4n) is 2.01. The Hall–Kier alpha value is -2.69. The molecule has 0 saturated heterocycles. The summed E-state index contributed by atoms with van der Waals surface area (Å²) in [5.41, 5.74) is 0.928. The minimum absolute atomic E-state index is 0.159. The number of benzene rings is 1. The summed E-state index contributed by atoms with van der Waals surface area (Å²) in [7, 11) is 3.17. The SMILES string of the molecule is COc1ccc([C@H](C)NC(=O)/C=C/c2ccco2)cc1OC. The van der Waals surface area contributed by atoms with Gasteiger partial charge in [-0.2, -0.15) is 0 Å². The number of methoxy groups -OCH3 is 2. The quantitative estimate of drug-likeness (QED) is 0.832. The molecule has 0 unspecified atom stereocenters. The van der Waals surface area contributed by atoms with Gasteiger partial charge in [0.25, 0.3) is 0 Å². The molecule has 22 heavy (non-hydrogen) atoms. The van der Waals surface area contributed by atoms with Crippen molar-refractivity contribution in [3.63, 3.8) is 0 Å². The van der Waals surface area contributed by atoms with Gasteiger partial charge in [-0.15, -0.1) is 0 Å². The van der Waals surface area contributed by atoms with E-state index < -0.39 is 0 Å². The Morgan fingerprint density at radius 2 is 2.00 bits per heavy atom. The molecular weight excluding hydrogens is 282 g/mol. The maximum absolute atomic E-state index is 11.9. The summed E-state index contributed by atoms with van der Waals surface area (Å²) in [6, 6.07) is 8.94. The molecule has 1 N–H and O–H groups in total. The van der Waals surface area contributed by atoms with Crippen LogP contribution in [0, 0.1) is 0 Å². The van der Waals surface area contributed by atoms with Crippen molar-refractivity contribution >= 4 is 12.0 Å². The number of furan rings is 1. The largest absolute Gasteiger partial charge is 0.493 e. The molecule has 1 aromatic carbocycles. The third kappa shape index (κ3) is 3.91. The van der Waals surface area contributed by atoms with E-state index in [1.54, 1.807) is 38.7 Å². The molecule has 116 valence electrons. The topological polar surface area (TPSA) is 60.7 Å². The Balaban J connectivity index is 2.02. The number of carbonyl (C=O) groups is 1. The normalized spacial score (nSPS) is 12.1. The molecule has 0 fully saturated rings. The predicted octanol–water partition coefficient (Wildman–Crippen LogP) is 3.19. The van der Waals surface area contributed by atoms with E-state index in [1.807, 2.05) is 25.1 Å². The molecule has 5 nitrogen and oxygen atoms in total. The molecule has 2 aromatic rings. The fourth-order valence-corrected chi connectivity index (χ4v) is 2.01. The van der Waals surface area contributed by atoms with E-state index in [-0.39, 0.29) is 11.9 Å². The third-order valence-electron chi connectivity index (χ3n) is 3.21. The second-order valence-electron chi connectivity index (χ2n) is 4.69. The zero-order valence-corrected chi connectivity index (χ0v) is 12.8. The number of nitrogens with one attached hydrogen (secondary N) is 1. The van der Waals surface area contributed by atoms with Gasteiger partial charge in [0, 0.05) is 6.08 Å². The van der Waals surface area contributed by atoms with E-state index >= 15 is 0 Å². The Bertz CT molecular complexity index is 647. The van der Waals surface area contributed by atoms with Crippen LogP contribution in [-0.4, -0.2) is 20.1 Å². The Morgan fingerprint density at radius 3 is 2.64 bits per heavy atom. The van der Waals surface area contributed by atoms with E-state index in [0.29, 0.717) is 17.3 Å². The van der Waals surface area contributed by atoms with Gasteiger partial charge in [0.05, 0.1) is 26.5 Å². The highest BCUT2D eigenvalue weighted by molar-refractivity contribution is 5.91. The summed E-state index contributed by atoms with van der Waals surface area (Å²) in [4.78, 5) is 11.9. The van der Waals surface area contributed by atoms with Gasteiger partial charge in [-0.1, -0.05) is 6.07 Å². The Labute approximate surface area is 129 Å². The van der Waals surface area contributed by atoms with E-state index in [9.17, 15) is 4.79 Å². The first-order chi connectivity index (χ1) is 10.6. The van der Waals surface area contributed by atoms with Crippen molar-refractivity contribution in [1.82, 2.24) is 5.32 Å². The molecule has 1 atom stereocenters. The second-order valence-corrected chi connectivity index (χ2v) is 4.69. The zero-order valence-electron chi connectivity index (χ0n) is 12.8. The molecule has 1 heterocycles. The number of carbonyl (C=O) groups excluding carboxylic acids is 1. The molecular formula is C17H19NO4. The van der Waals surface area contributed by atoms with Gasteiger partial charge >= 0.3 is 0 Å². The lowest BCUT2D eigenvalue weighted by molar-refractivity contribution is -0.117. The van der Waals surface area contributed by atoms with Crippen molar-refractivity contribution in [2.45, 2.75) is 13.0 Å². The minimum atomic E-state index is -0.196. The molecule has 0 saturated carbocycles. The summed E-state index contributed by atoms with van der Waals surface area (Å²) in [5.74, 6) is 1.72. The zero-order chi connectivity index (χ0) is 15.9. The fraction of sp³-hybridized carbons (Fsp3) is 0.235. The molecule has 0 aliphatic carbocycles. The monoisotopic (exact) mass is 301 g/mol. The Kier molecular flexibility index (Phi) is 5.25. The lowest BCUT2D eigenvalue weighted by Crippen LogP contribution is -2.24. The first kappa shape index (κ1) is 15.7. The van der Waals surface area contributed by atoms with Crippen LogP contribution in [0.2, 0.25) is 0 Å². The Morgan fingerprint density at radius 1 is 1.23 bits per heavy atom. The highest BCUT2D eigenvalue weighted by atomic mass is 16.5. The average Bonchev–Trinajstić information content (AvgIpc) is 3.05. The van der Waals surface area contributed by atoms with Crippen LogP contribution in [0.15, 0.2) is 47.1 Å². The second kappa shape index (κ2) is 7.36. The summed E-state index contributed by atoms with van der Waals surface area (Å²) < 4.78 is 15.6. The highest BCUT2D eigenvalue weighted by Crippen LogP contribution is 2.29. The highest BCUT2D eigenvalue weighted by Gasteiger charge is 2.11. The van der Waals surface area contributed by atoms with Crippen LogP contribution in [0.25, 0.3) is 6.08 Å². The van der Waals surface area contributed by atoms with E-state index in [2.05, 4.69) is 5.32 Å². The first-order valence-corrected chi connectivity index (χ1v) is 6.88. The van der Waals surface area contributed by atoms with Crippen LogP contribution in [0.5, 0.6) is 11.5 Å². The van der Waals surface area contributed by atoms with Crippen LogP contribution >= 0.6 is 0 Å². The minimum Gasteiger partial charge on any atom is -0.493 e. The van der Waals surface area contributed by atoms with Gasteiger partial charge < -0.3 is 19.2 Å². The van der Waals surface area contributed by atoms with Crippen molar-refractivity contribution in [3.05, 3.63) is 54.0 Å². The summed E-state index contributed by atoms with van der Waals surface area (Å²) in [6.45, 7) is 1.90. The molecule has 0 bridgehead atoms. The van der Waals surface area contributed by atoms with Crippen molar-refractivity contribution < 1.29 is 18.7 Å². The van der Waals surface area contributed by atoms with Gasteiger partial charge in [-0.25, -0.2) is 0 Å². The standard InChI is InChI=1S/C17H19NO4/c1-12(13-6-8-15(20-2)16(11-13)21-3)18-17(19)9-7-14-5-4-10-22-14/h4-12H,1-3H3,(H,18,19)/b9-7+/t12-/m0/s1. The third-order valence-corrected chi connectivity index (χ3v) is 3.21. The molecule has 0 aliphatic rings. The maximum Gasteiger partial charge on any atom is 0.244 e. The van der Waals surface area contributed by atoms with Gasteiger partial charge in [0.2, 0.25) is 5.91 Å². The smallest absolute Gasteiger partial charge is 0.244 e. The first-order valence-electron chi connectivity index (χ1n) is 6.88. The van der Waals surface area contributed by atoms with Crippen molar-refractivity contribution in [2.24, 2.45) is 0 Å². The van der Waals surface area contributed by atoms with E-state index in [1.165, 1.54) is 6.08 Å². The van der Waals surface area contributed by atoms with Gasteiger partial charge in [0.1, 0.15) is 5.76 Å². The number of rotatable bonds is 6. The van der Waals surface area contributed by atoms with Crippen molar-refractivity contribution in [3.8, 4) is 11.5 Å². The molecule has 0 spiro atoms. The van der Waals surface area contributed by atoms with Crippen molar-refractivity contribution in [1.29, 1.82) is 0 Å². The number of hydrogen-bond acceptors (Lipinski definition) is 4. The van der Waals surface area contributed by atoms with Gasteiger partial charge in [-0.3, -0.25) is 4.79 Å². The maximum atomic E-state index is 11.9. The number of amides is 1. The van der Waals surface area contributed by atoms with E-state index in [4.69, 9.17) is 13.9 Å². The molecule has 0 aliphatic heterocycles. The molecule has 2 rings (SSSR count). The van der Waals surface area contributed by atoms with Crippen LogP contribution in [-0.2, 0) is 4.79 Å². The molecule has 1 aromatic heterocycles. The van der Waals surface area contributed by atoms with Crippen LogP contribution < -0.4 is 14.8 Å². The van der Waals surface area contributed by atoms with E-state index in [0.717, 1.165) is 5.56 Å². The molecule has 0 radical (unpaired) electrons. The van der Waals surface area contributed by atoms with Crippen LogP contribution in [0.1, 0.15) is 24.3 Å². The summed E-state index contributed by atoms with van der Waals surface area (Å²) in [5, 5.41) is 2.88. The molecule has 1 amide bonds. The van der Waals surface area contributed by atoms with Gasteiger partial charge in [0.15, 0.2) is 11.5 Å². The van der Waals surface area contributed by atoms with Crippen LogP contribution in [0.4, 0.5) is 0 Å². The molecule has 5 heteroatoms. The average molecular weight is 301 g/mol. The summed E-state index contributed by atoms with van der Waals surface area (Å²) >= 11 is 0. The number of ether oxygens (including phenoxy) is 2. The lowest BCUT2D eigenvalue weighted by Gasteiger charge is -2.15. The van der Waals surface area contributed by atoms with Crippen molar-refractivity contribution in [2.75, 3.05) is 14.2 Å². The predicted molar refractivity (Wildman–Crippen MR) is 83.8 cm³/mol. The summed E-state index contributed by atoms with van der Waals surface area (Å²) in [6.07, 6.45) is 4.62. The lowest BCUT2D eigenvalue weighted by atomic mass is 10.1.